The number of carbonyl (C=O) groups is 1. The van der Waals surface area contributed by atoms with Crippen LogP contribution in [0.1, 0.15) is 43.0 Å². The second kappa shape index (κ2) is 7.81. The van der Waals surface area contributed by atoms with Crippen molar-refractivity contribution in [2.45, 2.75) is 37.9 Å². The number of sulfonamides is 1. The zero-order chi connectivity index (χ0) is 23.2. The number of anilines is 1. The van der Waals surface area contributed by atoms with Gasteiger partial charge in [-0.25, -0.2) is 12.8 Å². The van der Waals surface area contributed by atoms with Gasteiger partial charge in [0, 0.05) is 11.3 Å². The number of nitrogens with one attached hydrogen (secondary N) is 2. The molecular weight excluding hydrogens is 436 g/mol. The Morgan fingerprint density at radius 3 is 2.29 bits per heavy atom. The smallest absolute Gasteiger partial charge is 0.349 e. The van der Waals surface area contributed by atoms with E-state index in [4.69, 9.17) is 0 Å². The van der Waals surface area contributed by atoms with Crippen LogP contribution in [0.25, 0.3) is 0 Å². The second-order valence-electron chi connectivity index (χ2n) is 8.09. The van der Waals surface area contributed by atoms with E-state index in [1.807, 2.05) is 6.92 Å². The highest BCUT2D eigenvalue weighted by atomic mass is 32.2. The summed E-state index contributed by atoms with van der Waals surface area (Å²) >= 11 is 0. The highest BCUT2D eigenvalue weighted by Crippen LogP contribution is 2.54. The molecule has 2 N–H and O–H groups in total. The zero-order valence-corrected chi connectivity index (χ0v) is 17.9. The minimum Gasteiger partial charge on any atom is -0.349 e. The largest absolute Gasteiger partial charge is 0.416 e. The zero-order valence-electron chi connectivity index (χ0n) is 17.0. The van der Waals surface area contributed by atoms with E-state index in [2.05, 4.69) is 10.0 Å². The van der Waals surface area contributed by atoms with Crippen LogP contribution in [0.2, 0.25) is 0 Å². The van der Waals surface area contributed by atoms with E-state index in [9.17, 15) is 30.8 Å². The molecule has 1 saturated carbocycles. The quantitative estimate of drug-likeness (QED) is 0.632. The minimum absolute atomic E-state index is 0.193. The average molecular weight is 458 g/mol. The first kappa shape index (κ1) is 23.1. The van der Waals surface area contributed by atoms with E-state index in [0.717, 1.165) is 24.5 Å². The molecule has 1 aliphatic carbocycles. The van der Waals surface area contributed by atoms with Crippen molar-refractivity contribution in [3.8, 4) is 0 Å². The molecule has 0 heterocycles. The van der Waals surface area contributed by atoms with E-state index in [-0.39, 0.29) is 11.6 Å². The van der Waals surface area contributed by atoms with Crippen molar-refractivity contribution in [1.82, 2.24) is 5.32 Å². The Balaban J connectivity index is 1.66. The third-order valence-corrected chi connectivity index (χ3v) is 6.16. The summed E-state index contributed by atoms with van der Waals surface area (Å²) in [5, 5.41) is 2.79. The van der Waals surface area contributed by atoms with E-state index in [0.29, 0.717) is 17.5 Å². The van der Waals surface area contributed by atoms with Gasteiger partial charge in [0.2, 0.25) is 15.9 Å². The predicted molar refractivity (Wildman–Crippen MR) is 108 cm³/mol. The third kappa shape index (κ3) is 5.17. The number of hydrogen-bond acceptors (Lipinski definition) is 3. The Labute approximate surface area is 177 Å². The van der Waals surface area contributed by atoms with Crippen molar-refractivity contribution in [3.63, 3.8) is 0 Å². The minimum atomic E-state index is -4.42. The van der Waals surface area contributed by atoms with Crippen LogP contribution in [-0.2, 0) is 26.4 Å². The van der Waals surface area contributed by atoms with Crippen LogP contribution < -0.4 is 10.0 Å². The molecule has 31 heavy (non-hydrogen) atoms. The summed E-state index contributed by atoms with van der Waals surface area (Å²) in [5.74, 6) is -1.47. The maximum atomic E-state index is 14.2. The summed E-state index contributed by atoms with van der Waals surface area (Å²) in [7, 11) is -3.63. The summed E-state index contributed by atoms with van der Waals surface area (Å²) in [6.07, 6.45) is -3.02. The van der Waals surface area contributed by atoms with Gasteiger partial charge in [0.25, 0.3) is 0 Å². The van der Waals surface area contributed by atoms with Crippen molar-refractivity contribution >= 4 is 21.6 Å². The molecular formula is C21H22F4N2O3S. The summed E-state index contributed by atoms with van der Waals surface area (Å²) in [5.41, 5.74) is -0.409. The predicted octanol–water partition coefficient (Wildman–Crippen LogP) is 4.37. The Morgan fingerprint density at radius 1 is 1.16 bits per heavy atom. The van der Waals surface area contributed by atoms with Gasteiger partial charge >= 0.3 is 6.18 Å². The molecule has 0 aromatic heterocycles. The van der Waals surface area contributed by atoms with Crippen molar-refractivity contribution in [1.29, 1.82) is 0 Å². The summed E-state index contributed by atoms with van der Waals surface area (Å²) in [4.78, 5) is 12.7. The van der Waals surface area contributed by atoms with Gasteiger partial charge in [-0.1, -0.05) is 25.1 Å². The van der Waals surface area contributed by atoms with E-state index in [1.165, 1.54) is 24.3 Å². The Kier molecular flexibility index (Phi) is 5.81. The topological polar surface area (TPSA) is 75.3 Å². The highest BCUT2D eigenvalue weighted by molar-refractivity contribution is 7.92. The van der Waals surface area contributed by atoms with Crippen molar-refractivity contribution in [2.75, 3.05) is 11.0 Å². The number of hydrogen-bond donors (Lipinski definition) is 2. The lowest BCUT2D eigenvalue weighted by molar-refractivity contribution is -0.137. The van der Waals surface area contributed by atoms with Gasteiger partial charge in [0.15, 0.2) is 0 Å². The van der Waals surface area contributed by atoms with E-state index >= 15 is 0 Å². The molecule has 0 spiro atoms. The van der Waals surface area contributed by atoms with Crippen molar-refractivity contribution in [3.05, 3.63) is 65.0 Å². The fourth-order valence-electron chi connectivity index (χ4n) is 3.59. The van der Waals surface area contributed by atoms with Crippen LogP contribution >= 0.6 is 0 Å². The number of carbonyl (C=O) groups excluding carboxylic acids is 1. The van der Waals surface area contributed by atoms with Gasteiger partial charge < -0.3 is 5.32 Å². The van der Waals surface area contributed by atoms with E-state index in [1.54, 1.807) is 6.92 Å². The SMILES string of the molecule is CC(NC(=O)[C@@H]1C[C@]1(C)c1ccc(C(F)(F)F)cc1)c1ccc(NS(C)(=O)=O)c(F)c1. The standard InChI is InChI=1S/C21H22F4N2O3S/c1-12(13-4-9-18(17(22)10-13)27-31(3,29)30)26-19(28)16-11-20(16,2)14-5-7-15(8-6-14)21(23,24)25/h4-10,12,16,27H,11H2,1-3H3,(H,26,28)/t12?,16-,20+/m0/s1. The monoisotopic (exact) mass is 458 g/mol. The van der Waals surface area contributed by atoms with Crippen LogP contribution in [0.15, 0.2) is 42.5 Å². The molecule has 2 aromatic carbocycles. The van der Waals surface area contributed by atoms with Gasteiger partial charge in [-0.2, -0.15) is 13.2 Å². The molecule has 0 radical (unpaired) electrons. The fraction of sp³-hybridized carbons (Fsp3) is 0.381. The number of rotatable bonds is 6. The maximum Gasteiger partial charge on any atom is 0.416 e. The Morgan fingerprint density at radius 2 is 1.77 bits per heavy atom. The number of halogens is 4. The lowest BCUT2D eigenvalue weighted by atomic mass is 9.94. The molecule has 0 bridgehead atoms. The first-order valence-corrected chi connectivity index (χ1v) is 11.4. The molecule has 1 aliphatic rings. The Bertz CT molecular complexity index is 1100. The number of amides is 1. The van der Waals surface area contributed by atoms with Crippen molar-refractivity contribution in [2.24, 2.45) is 5.92 Å². The molecule has 1 amide bonds. The lowest BCUT2D eigenvalue weighted by Crippen LogP contribution is -2.30. The van der Waals surface area contributed by atoms with Crippen LogP contribution in [0.5, 0.6) is 0 Å². The molecule has 168 valence electrons. The normalized spacial score (nSPS) is 22.0. The summed E-state index contributed by atoms with van der Waals surface area (Å²) < 4.78 is 77.0. The molecule has 10 heteroatoms. The number of benzene rings is 2. The molecule has 1 unspecified atom stereocenters. The fourth-order valence-corrected chi connectivity index (χ4v) is 4.15. The van der Waals surface area contributed by atoms with Crippen LogP contribution in [0.3, 0.4) is 0 Å². The van der Waals surface area contributed by atoms with Crippen LogP contribution in [0, 0.1) is 11.7 Å². The van der Waals surface area contributed by atoms with Gasteiger partial charge in [-0.15, -0.1) is 0 Å². The molecule has 0 saturated heterocycles. The van der Waals surface area contributed by atoms with Gasteiger partial charge in [-0.05, 0) is 48.7 Å². The van der Waals surface area contributed by atoms with Crippen LogP contribution in [0.4, 0.5) is 23.2 Å². The molecule has 2 aromatic rings. The van der Waals surface area contributed by atoms with Gasteiger partial charge in [0.1, 0.15) is 5.82 Å². The van der Waals surface area contributed by atoms with Crippen LogP contribution in [-0.4, -0.2) is 20.6 Å². The first-order chi connectivity index (χ1) is 14.2. The van der Waals surface area contributed by atoms with Gasteiger partial charge in [0.05, 0.1) is 23.5 Å². The first-order valence-electron chi connectivity index (χ1n) is 9.46. The van der Waals surface area contributed by atoms with Gasteiger partial charge in [-0.3, -0.25) is 9.52 Å². The van der Waals surface area contributed by atoms with E-state index < -0.39 is 45.0 Å². The summed E-state index contributed by atoms with van der Waals surface area (Å²) in [6.45, 7) is 3.48. The average Bonchev–Trinajstić information content (AvgIpc) is 3.35. The molecule has 3 atom stereocenters. The molecule has 1 fully saturated rings. The molecule has 0 aliphatic heterocycles. The third-order valence-electron chi connectivity index (χ3n) is 5.57. The maximum absolute atomic E-state index is 14.2. The summed E-state index contributed by atoms with van der Waals surface area (Å²) in [6, 6.07) is 8.16. The lowest BCUT2D eigenvalue weighted by Gasteiger charge is -2.18. The second-order valence-corrected chi connectivity index (χ2v) is 9.84. The molecule has 5 nitrogen and oxygen atoms in total. The molecule has 3 rings (SSSR count). The Hall–Kier alpha value is -2.62. The highest BCUT2D eigenvalue weighted by Gasteiger charge is 2.55. The van der Waals surface area contributed by atoms with Crippen molar-refractivity contribution < 1.29 is 30.8 Å². The number of alkyl halides is 3.